The number of benzene rings is 18. The molecule has 0 saturated carbocycles. The molecule has 456 valence electrons. The van der Waals surface area contributed by atoms with E-state index in [0.29, 0.717) is 22.3 Å². The molecule has 0 N–H and O–H groups in total. The highest BCUT2D eigenvalue weighted by molar-refractivity contribution is 6.25. The topological polar surface area (TPSA) is 26.3 Å². The molecule has 18 aromatic carbocycles. The van der Waals surface area contributed by atoms with Crippen LogP contribution in [0.3, 0.4) is 0 Å². The molecule has 0 radical (unpaired) electrons. The van der Waals surface area contributed by atoms with Crippen LogP contribution in [0.4, 0.5) is 0 Å². The molecule has 2 nitrogen and oxygen atoms in total. The summed E-state index contributed by atoms with van der Waals surface area (Å²) in [5.41, 5.74) is -0.852. The van der Waals surface area contributed by atoms with Gasteiger partial charge in [-0.3, -0.25) is 0 Å². The molecule has 0 atom stereocenters. The summed E-state index contributed by atoms with van der Waals surface area (Å²) < 4.78 is 355. The fraction of sp³-hybridized carbons (Fsp3) is 0. The van der Waals surface area contributed by atoms with Crippen molar-refractivity contribution in [3.05, 3.63) is 363 Å². The normalized spacial score (nSPS) is 17.1. The largest absolute Gasteiger partial charge is 0.455 e. The first kappa shape index (κ1) is 30.2. The predicted molar refractivity (Wildman–Crippen MR) is 416 cm³/mol. The van der Waals surface area contributed by atoms with Crippen molar-refractivity contribution < 1.29 is 60.9 Å². The second kappa shape index (κ2) is 23.5. The standard InChI is InChI=1S/2C48H30O/c1-2-11-31(12-3-1)32-21-25-35(26-22-32)45-39-15-6-8-17-41(39)46(42-18-9-7-16-40(42)45)36-27-23-34(24-28-36)37-19-10-20-44-47(37)43-30-29-33-13-4-5-14-38(33)48(43)49-44;1-2-13-31(14-3-1)35-16-6-7-18-38(35)46-41-21-10-8-19-39(41)45(40-20-9-11-22-42(40)46)34-27-25-33(26-28-34)36-23-12-24-44-47(36)43-30-29-32-15-4-5-17-37(32)48(43)49-44/h2*1-30H/i6D,7D,8D,9D,15D,16D,17D,18D;1D,2D,3D,4D,5D,6D,7D,8D,9D,10D,11D,12D,13D,14D,15D,16D,17D,18D,19D,20D,21D,22D,23D,24D,25D,26D,27D,28D,29D,30D. The van der Waals surface area contributed by atoms with Crippen LogP contribution in [0, 0.1) is 0 Å². The van der Waals surface area contributed by atoms with Crippen molar-refractivity contribution in [3.63, 3.8) is 0 Å². The van der Waals surface area contributed by atoms with Gasteiger partial charge in [0.2, 0.25) is 0 Å². The number of furan rings is 2. The molecule has 0 spiro atoms. The SMILES string of the molecule is [2H]c1c([2H])c([2H])c(-c2c([2H])c([2H])c([2H])c([2H])c2-c2c3c([2H])c([2H])c([2H])c([2H])c3c(-c3c([2H])c([2H])c(-c4c([2H])c([2H])c([2H])c5oc6c7c([2H])c([2H])c([2H])c([2H])c7c([2H])c([2H])c6c45)c([2H])c3[2H])c3c([2H])c([2H])c([2H])c([2H])c23)c([2H])c1[2H].[2H]c1c([2H])c([2H])c2c(-c3ccc(-c4cccc5oc6c7ccccc7ccc6c45)cc3)c3c([2H])c([2H])c([2H])c([2H])c3c(-c3ccc(-c4ccccc4)cc3)c2c1[2H]. The Hall–Kier alpha value is -12.9. The van der Waals surface area contributed by atoms with E-state index in [1.807, 2.05) is 109 Å². The van der Waals surface area contributed by atoms with Crippen LogP contribution in [0.15, 0.2) is 372 Å². The first-order valence-electron chi connectivity index (χ1n) is 49.6. The van der Waals surface area contributed by atoms with E-state index >= 15 is 0 Å². The van der Waals surface area contributed by atoms with Gasteiger partial charge in [-0.05, 0) is 167 Å². The Kier molecular flexibility index (Phi) is 7.27. The highest BCUT2D eigenvalue weighted by Crippen LogP contribution is 2.49. The fourth-order valence-corrected chi connectivity index (χ4v) is 13.2. The summed E-state index contributed by atoms with van der Waals surface area (Å²) in [6.45, 7) is 0. The summed E-state index contributed by atoms with van der Waals surface area (Å²) >= 11 is 0. The molecule has 98 heavy (non-hydrogen) atoms. The van der Waals surface area contributed by atoms with Crippen molar-refractivity contribution in [1.82, 2.24) is 0 Å². The van der Waals surface area contributed by atoms with Crippen molar-refractivity contribution in [1.29, 1.82) is 0 Å². The van der Waals surface area contributed by atoms with E-state index in [2.05, 4.69) is 24.3 Å². The Labute approximate surface area is 620 Å². The van der Waals surface area contributed by atoms with Crippen LogP contribution in [-0.4, -0.2) is 0 Å². The maximum atomic E-state index is 9.73. The zero-order valence-electron chi connectivity index (χ0n) is 88.5. The van der Waals surface area contributed by atoms with E-state index in [1.54, 1.807) is 0 Å². The van der Waals surface area contributed by atoms with E-state index in [4.69, 9.17) is 40.4 Å². The first-order chi connectivity index (χ1) is 64.4. The molecular formula is C96H60O2. The molecule has 20 rings (SSSR count). The van der Waals surface area contributed by atoms with E-state index < -0.39 is 304 Å². The van der Waals surface area contributed by atoms with Gasteiger partial charge in [0.05, 0.1) is 52.1 Å². The van der Waals surface area contributed by atoms with Crippen LogP contribution in [0.25, 0.3) is 198 Å². The van der Waals surface area contributed by atoms with Gasteiger partial charge in [-0.2, -0.15) is 0 Å². The van der Waals surface area contributed by atoms with Gasteiger partial charge in [-0.25, -0.2) is 0 Å². The number of hydrogen-bond acceptors (Lipinski definition) is 2. The summed E-state index contributed by atoms with van der Waals surface area (Å²) in [7, 11) is 0. The van der Waals surface area contributed by atoms with Crippen LogP contribution >= 0.6 is 0 Å². The van der Waals surface area contributed by atoms with Crippen LogP contribution < -0.4 is 0 Å². The Morgan fingerprint density at radius 2 is 0.643 bits per heavy atom. The maximum Gasteiger partial charge on any atom is 0.143 e. The summed E-state index contributed by atoms with van der Waals surface area (Å²) in [5.74, 6) is 0. The highest BCUT2D eigenvalue weighted by atomic mass is 16.3. The molecule has 0 aliphatic heterocycles. The molecule has 0 aliphatic carbocycles. The van der Waals surface area contributed by atoms with E-state index in [-0.39, 0.29) is 45.7 Å². The van der Waals surface area contributed by atoms with Gasteiger partial charge in [0.25, 0.3) is 0 Å². The van der Waals surface area contributed by atoms with Gasteiger partial charge < -0.3 is 8.83 Å². The van der Waals surface area contributed by atoms with Crippen molar-refractivity contribution in [2.75, 3.05) is 0 Å². The third-order valence-electron chi connectivity index (χ3n) is 17.5. The molecular weight excluding hydrogens is 1190 g/mol. The number of hydrogen-bond donors (Lipinski definition) is 0. The Bertz CT molecular complexity index is 8700. The van der Waals surface area contributed by atoms with Crippen molar-refractivity contribution in [3.8, 4) is 89.0 Å². The summed E-state index contributed by atoms with van der Waals surface area (Å²) in [4.78, 5) is 0. The van der Waals surface area contributed by atoms with Crippen molar-refractivity contribution in [2.24, 2.45) is 0 Å². The Balaban J connectivity index is 0.000000183. The monoisotopic (exact) mass is 1280 g/mol. The van der Waals surface area contributed by atoms with Gasteiger partial charge in [0.1, 0.15) is 22.3 Å². The first-order valence-corrected chi connectivity index (χ1v) is 30.6. The summed E-state index contributed by atoms with van der Waals surface area (Å²) in [5, 5.41) is -0.452. The van der Waals surface area contributed by atoms with Crippen LogP contribution in [0.5, 0.6) is 0 Å². The lowest BCUT2D eigenvalue weighted by Crippen LogP contribution is -1.92. The molecule has 0 unspecified atom stereocenters. The van der Waals surface area contributed by atoms with Crippen LogP contribution in [0.1, 0.15) is 52.1 Å². The lowest BCUT2D eigenvalue weighted by molar-refractivity contribution is 0.672. The lowest BCUT2D eigenvalue weighted by Gasteiger charge is -2.20. The smallest absolute Gasteiger partial charge is 0.143 e. The van der Waals surface area contributed by atoms with E-state index in [0.717, 1.165) is 55.0 Å². The molecule has 0 aliphatic rings. The van der Waals surface area contributed by atoms with Crippen molar-refractivity contribution >= 4 is 109 Å². The zero-order chi connectivity index (χ0) is 97.7. The summed E-state index contributed by atoms with van der Waals surface area (Å²) in [6, 6.07) is 10.8. The minimum atomic E-state index is -1.15. The van der Waals surface area contributed by atoms with E-state index in [1.165, 1.54) is 0 Å². The minimum absolute atomic E-state index is 0.184. The molecule has 0 saturated heterocycles. The minimum Gasteiger partial charge on any atom is -0.455 e. The lowest BCUT2D eigenvalue weighted by atomic mass is 9.83. The van der Waals surface area contributed by atoms with E-state index in [9.17, 15) is 20.6 Å². The van der Waals surface area contributed by atoms with Crippen LogP contribution in [-0.2, 0) is 0 Å². The van der Waals surface area contributed by atoms with Crippen LogP contribution in [0.2, 0.25) is 0 Å². The second-order valence-electron chi connectivity index (χ2n) is 22.7. The average molecular weight is 1280 g/mol. The molecule has 2 heterocycles. The highest BCUT2D eigenvalue weighted by Gasteiger charge is 2.22. The second-order valence-corrected chi connectivity index (χ2v) is 22.7. The Morgan fingerprint density at radius 3 is 1.29 bits per heavy atom. The number of fused-ring (bicyclic) bond motifs is 14. The Morgan fingerprint density at radius 1 is 0.184 bits per heavy atom. The molecule has 20 aromatic rings. The molecule has 0 amide bonds. The molecule has 2 heteroatoms. The van der Waals surface area contributed by atoms with Gasteiger partial charge in [-0.1, -0.05) is 339 Å². The number of rotatable bonds is 8. The predicted octanol–water partition coefficient (Wildman–Crippen LogP) is 27.4. The molecule has 2 aromatic heterocycles. The molecule has 0 fully saturated rings. The third-order valence-corrected chi connectivity index (χ3v) is 17.5. The maximum absolute atomic E-state index is 9.73. The third kappa shape index (κ3) is 9.41. The van der Waals surface area contributed by atoms with Gasteiger partial charge >= 0.3 is 0 Å². The van der Waals surface area contributed by atoms with Crippen molar-refractivity contribution in [2.45, 2.75) is 0 Å². The summed E-state index contributed by atoms with van der Waals surface area (Å²) in [6.07, 6.45) is 0. The average Bonchev–Trinajstić information content (AvgIpc) is 1.14. The zero-order valence-corrected chi connectivity index (χ0v) is 50.5. The van der Waals surface area contributed by atoms with Gasteiger partial charge in [0, 0.05) is 32.3 Å². The molecule has 0 bridgehead atoms. The quantitative estimate of drug-likeness (QED) is 0.142. The van der Waals surface area contributed by atoms with Gasteiger partial charge in [-0.15, -0.1) is 0 Å². The fourth-order valence-electron chi connectivity index (χ4n) is 13.2. The van der Waals surface area contributed by atoms with Gasteiger partial charge in [0.15, 0.2) is 0 Å².